The second kappa shape index (κ2) is 9.81. The fourth-order valence-electron chi connectivity index (χ4n) is 4.74. The molecule has 5 heterocycles. The largest absolute Gasteiger partial charge is 0.434 e. The van der Waals surface area contributed by atoms with Gasteiger partial charge in [-0.2, -0.15) is 8.78 Å². The first-order valence-corrected chi connectivity index (χ1v) is 12.1. The van der Waals surface area contributed by atoms with Crippen LogP contribution < -0.4 is 9.64 Å². The van der Waals surface area contributed by atoms with Gasteiger partial charge in [-0.25, -0.2) is 19.3 Å². The van der Waals surface area contributed by atoms with Crippen LogP contribution >= 0.6 is 11.6 Å². The zero-order valence-corrected chi connectivity index (χ0v) is 20.2. The maximum Gasteiger partial charge on any atom is 0.387 e. The Hall–Kier alpha value is -3.41. The summed E-state index contributed by atoms with van der Waals surface area (Å²) < 4.78 is 59.3. The Kier molecular flexibility index (Phi) is 6.35. The molecule has 1 unspecified atom stereocenters. The monoisotopic (exact) mass is 531 g/mol. The van der Waals surface area contributed by atoms with E-state index in [9.17, 15) is 8.78 Å². The van der Waals surface area contributed by atoms with Crippen molar-refractivity contribution in [1.82, 2.24) is 19.4 Å². The van der Waals surface area contributed by atoms with Gasteiger partial charge < -0.3 is 19.1 Å². The lowest BCUT2D eigenvalue weighted by Gasteiger charge is -2.26. The minimum atomic E-state index is -3.04. The van der Waals surface area contributed by atoms with Gasteiger partial charge >= 0.3 is 6.61 Å². The van der Waals surface area contributed by atoms with Crippen molar-refractivity contribution < 1.29 is 27.4 Å². The van der Waals surface area contributed by atoms with Crippen LogP contribution in [0.1, 0.15) is 23.1 Å². The number of halogens is 4. The molecule has 3 aromatic heterocycles. The van der Waals surface area contributed by atoms with Gasteiger partial charge in [-0.15, -0.1) is 0 Å². The molecular formula is C25H21ClF3N5O3. The highest BCUT2D eigenvalue weighted by atomic mass is 35.5. The molecule has 2 aliphatic rings. The van der Waals surface area contributed by atoms with Crippen LogP contribution in [0.4, 0.5) is 19.1 Å². The van der Waals surface area contributed by atoms with Gasteiger partial charge in [0.15, 0.2) is 0 Å². The Morgan fingerprint density at radius 3 is 2.65 bits per heavy atom. The molecule has 1 aromatic carbocycles. The molecule has 0 N–H and O–H groups in total. The number of anilines is 1. The molecule has 4 aromatic rings. The van der Waals surface area contributed by atoms with Crippen molar-refractivity contribution in [3.05, 3.63) is 70.6 Å². The number of morpholine rings is 1. The highest BCUT2D eigenvalue weighted by Gasteiger charge is 2.33. The van der Waals surface area contributed by atoms with E-state index in [1.807, 2.05) is 4.90 Å². The molecule has 1 atom stereocenters. The van der Waals surface area contributed by atoms with Crippen molar-refractivity contribution in [1.29, 1.82) is 0 Å². The molecule has 0 bridgehead atoms. The lowest BCUT2D eigenvalue weighted by molar-refractivity contribution is -0.0522. The standard InChI is InChI=1S/C25H21ClF3N5O3/c26-16-2-1-3-19(37-24(28)29)21(16)23-22-18(4-7-36-23)32-20-10-17(27)15(13-34(20)22)14-11-30-25(31-12-14)33-5-8-35-9-6-33/h1-3,10-13,23-24H,4-9H2. The smallest absolute Gasteiger partial charge is 0.387 e. The topological polar surface area (TPSA) is 74.0 Å². The van der Waals surface area contributed by atoms with Gasteiger partial charge in [0.1, 0.15) is 23.3 Å². The van der Waals surface area contributed by atoms with Crippen LogP contribution in [-0.2, 0) is 15.9 Å². The maximum atomic E-state index is 15.2. The van der Waals surface area contributed by atoms with Gasteiger partial charge in [-0.3, -0.25) is 4.40 Å². The van der Waals surface area contributed by atoms with E-state index in [0.29, 0.717) is 61.3 Å². The van der Waals surface area contributed by atoms with Gasteiger partial charge in [0.25, 0.3) is 0 Å². The van der Waals surface area contributed by atoms with E-state index >= 15 is 4.39 Å². The first kappa shape index (κ1) is 24.0. The highest BCUT2D eigenvalue weighted by molar-refractivity contribution is 6.31. The molecule has 0 spiro atoms. The average Bonchev–Trinajstić information content (AvgIpc) is 3.26. The Labute approximate surface area is 214 Å². The molecule has 2 aliphatic heterocycles. The quantitative estimate of drug-likeness (QED) is 0.370. The minimum Gasteiger partial charge on any atom is -0.434 e. The normalized spacial score (nSPS) is 17.9. The third kappa shape index (κ3) is 4.47. The molecule has 1 saturated heterocycles. The molecule has 37 heavy (non-hydrogen) atoms. The van der Waals surface area contributed by atoms with Gasteiger partial charge in [0.2, 0.25) is 5.95 Å². The summed E-state index contributed by atoms with van der Waals surface area (Å²) in [4.78, 5) is 15.4. The zero-order chi connectivity index (χ0) is 25.5. The Balaban J connectivity index is 1.43. The van der Waals surface area contributed by atoms with Gasteiger partial charge in [0.05, 0.1) is 36.2 Å². The molecule has 12 heteroatoms. The second-order valence-corrected chi connectivity index (χ2v) is 9.02. The number of rotatable bonds is 5. The van der Waals surface area contributed by atoms with Crippen LogP contribution in [0.15, 0.2) is 42.9 Å². The number of imidazole rings is 1. The predicted octanol–water partition coefficient (Wildman–Crippen LogP) is 4.68. The molecule has 8 nitrogen and oxygen atoms in total. The first-order valence-electron chi connectivity index (χ1n) is 11.7. The molecule has 0 saturated carbocycles. The SMILES string of the molecule is Fc1cc2nc3c(n2cc1-c1cnc(N2CCOCC2)nc1)C(c1c(Cl)cccc1OC(F)F)OCC3. The van der Waals surface area contributed by atoms with Crippen LogP contribution in [0, 0.1) is 5.82 Å². The lowest BCUT2D eigenvalue weighted by atomic mass is 10.0. The Bertz CT molecular complexity index is 1440. The predicted molar refractivity (Wildman–Crippen MR) is 129 cm³/mol. The van der Waals surface area contributed by atoms with Gasteiger partial charge in [-0.1, -0.05) is 17.7 Å². The summed E-state index contributed by atoms with van der Waals surface area (Å²) in [6.45, 7) is -0.193. The third-order valence-electron chi connectivity index (χ3n) is 6.43. The highest BCUT2D eigenvalue weighted by Crippen LogP contribution is 2.42. The van der Waals surface area contributed by atoms with Crippen LogP contribution in [-0.4, -0.2) is 58.9 Å². The van der Waals surface area contributed by atoms with Crippen molar-refractivity contribution in [3.8, 4) is 16.9 Å². The number of benzene rings is 1. The summed E-state index contributed by atoms with van der Waals surface area (Å²) in [5.74, 6) is -0.0356. The van der Waals surface area contributed by atoms with E-state index in [1.165, 1.54) is 18.2 Å². The van der Waals surface area contributed by atoms with Crippen LogP contribution in [0.3, 0.4) is 0 Å². The van der Waals surface area contributed by atoms with Crippen LogP contribution in [0.5, 0.6) is 5.75 Å². The van der Waals surface area contributed by atoms with Crippen molar-refractivity contribution in [2.45, 2.75) is 19.1 Å². The minimum absolute atomic E-state index is 0.0928. The number of ether oxygens (including phenoxy) is 3. The van der Waals surface area contributed by atoms with E-state index in [0.717, 1.165) is 0 Å². The van der Waals surface area contributed by atoms with Crippen molar-refractivity contribution in [2.24, 2.45) is 0 Å². The molecule has 192 valence electrons. The Morgan fingerprint density at radius 1 is 1.11 bits per heavy atom. The average molecular weight is 532 g/mol. The molecule has 0 aliphatic carbocycles. The second-order valence-electron chi connectivity index (χ2n) is 8.61. The van der Waals surface area contributed by atoms with Crippen LogP contribution in [0.2, 0.25) is 5.02 Å². The van der Waals surface area contributed by atoms with Crippen LogP contribution in [0.25, 0.3) is 16.8 Å². The molecule has 6 rings (SSSR count). The molecule has 0 radical (unpaired) electrons. The van der Waals surface area contributed by atoms with E-state index < -0.39 is 18.5 Å². The lowest BCUT2D eigenvalue weighted by Crippen LogP contribution is -2.37. The number of alkyl halides is 2. The first-order chi connectivity index (χ1) is 18.0. The van der Waals surface area contributed by atoms with E-state index in [-0.39, 0.29) is 28.5 Å². The number of hydrogen-bond donors (Lipinski definition) is 0. The summed E-state index contributed by atoms with van der Waals surface area (Å²) in [5, 5.41) is 0.209. The molecular weight excluding hydrogens is 511 g/mol. The van der Waals surface area contributed by atoms with Crippen molar-refractivity contribution in [3.63, 3.8) is 0 Å². The van der Waals surface area contributed by atoms with Gasteiger partial charge in [0, 0.05) is 60.9 Å². The fraction of sp³-hybridized carbons (Fsp3) is 0.320. The summed E-state index contributed by atoms with van der Waals surface area (Å²) in [7, 11) is 0. The number of aromatic nitrogens is 4. The fourth-order valence-corrected chi connectivity index (χ4v) is 5.00. The van der Waals surface area contributed by atoms with Crippen molar-refractivity contribution >= 4 is 23.2 Å². The van der Waals surface area contributed by atoms with Crippen molar-refractivity contribution in [2.75, 3.05) is 37.8 Å². The zero-order valence-electron chi connectivity index (χ0n) is 19.4. The molecule has 0 amide bonds. The van der Waals surface area contributed by atoms with Gasteiger partial charge in [-0.05, 0) is 12.1 Å². The number of hydrogen-bond acceptors (Lipinski definition) is 7. The summed E-state index contributed by atoms with van der Waals surface area (Å²) in [6, 6.07) is 5.83. The molecule has 1 fully saturated rings. The number of pyridine rings is 1. The van der Waals surface area contributed by atoms with E-state index in [4.69, 9.17) is 25.8 Å². The summed E-state index contributed by atoms with van der Waals surface area (Å²) in [5.41, 5.74) is 2.59. The maximum absolute atomic E-state index is 15.2. The number of fused-ring (bicyclic) bond motifs is 3. The van der Waals surface area contributed by atoms with E-state index in [1.54, 1.807) is 29.1 Å². The third-order valence-corrected chi connectivity index (χ3v) is 6.76. The summed E-state index contributed by atoms with van der Waals surface area (Å²) >= 11 is 6.44. The van der Waals surface area contributed by atoms with E-state index in [2.05, 4.69) is 15.0 Å². The summed E-state index contributed by atoms with van der Waals surface area (Å²) in [6.07, 6.45) is 4.36. The number of nitrogens with zero attached hydrogens (tertiary/aromatic N) is 5. The Morgan fingerprint density at radius 2 is 1.89 bits per heavy atom.